The van der Waals surface area contributed by atoms with Crippen molar-refractivity contribution in [1.82, 2.24) is 10.2 Å². The van der Waals surface area contributed by atoms with Crippen LogP contribution in [0.5, 0.6) is 5.75 Å². The number of nitrogens with zero attached hydrogens (tertiary/aromatic N) is 1. The Balaban J connectivity index is 2.32. The Hall–Kier alpha value is -0.740. The summed E-state index contributed by atoms with van der Waals surface area (Å²) in [5.74, 6) is 0.0829. The molecule has 1 atom stereocenters. The van der Waals surface area contributed by atoms with Crippen LogP contribution in [0, 0.1) is 0 Å². The van der Waals surface area contributed by atoms with Crippen LogP contribution in [-0.4, -0.2) is 36.2 Å². The quantitative estimate of drug-likeness (QED) is 0.838. The van der Waals surface area contributed by atoms with E-state index >= 15 is 0 Å². The van der Waals surface area contributed by atoms with Crippen LogP contribution < -0.4 is 5.32 Å². The molecule has 1 saturated heterocycles. The van der Waals surface area contributed by atoms with Crippen LogP contribution in [-0.2, 0) is 0 Å². The smallest absolute Gasteiger partial charge is 0.140 e. The Morgan fingerprint density at radius 2 is 2.05 bits per heavy atom. The molecular formula is C14H18Cl2N2O. The zero-order valence-corrected chi connectivity index (χ0v) is 12.2. The summed E-state index contributed by atoms with van der Waals surface area (Å²) in [5, 5.41) is 14.1. The Kier molecular flexibility index (Phi) is 5.11. The van der Waals surface area contributed by atoms with Gasteiger partial charge in [0.05, 0.1) is 5.02 Å². The van der Waals surface area contributed by atoms with Gasteiger partial charge in [-0.05, 0) is 12.5 Å². The SMILES string of the molecule is C=CC[C@@H](c1ccc(Cl)c(Cl)c1O)N1CCNCC1. The van der Waals surface area contributed by atoms with Crippen molar-refractivity contribution < 1.29 is 5.11 Å². The number of rotatable bonds is 4. The van der Waals surface area contributed by atoms with Gasteiger partial charge in [-0.1, -0.05) is 35.3 Å². The predicted octanol–water partition coefficient (Wildman–Crippen LogP) is 3.22. The van der Waals surface area contributed by atoms with Crippen molar-refractivity contribution in [1.29, 1.82) is 0 Å². The highest BCUT2D eigenvalue weighted by Crippen LogP contribution is 2.39. The molecule has 2 N–H and O–H groups in total. The van der Waals surface area contributed by atoms with Crippen molar-refractivity contribution in [2.45, 2.75) is 12.5 Å². The number of hydrogen-bond acceptors (Lipinski definition) is 3. The molecule has 0 aromatic heterocycles. The van der Waals surface area contributed by atoms with Crippen molar-refractivity contribution in [2.75, 3.05) is 26.2 Å². The van der Waals surface area contributed by atoms with Gasteiger partial charge in [-0.3, -0.25) is 4.90 Å². The maximum atomic E-state index is 10.2. The summed E-state index contributed by atoms with van der Waals surface area (Å²) < 4.78 is 0. The van der Waals surface area contributed by atoms with E-state index in [4.69, 9.17) is 23.2 Å². The van der Waals surface area contributed by atoms with E-state index in [1.165, 1.54) is 0 Å². The molecule has 0 bridgehead atoms. The lowest BCUT2D eigenvalue weighted by atomic mass is 10.00. The molecule has 0 spiro atoms. The molecule has 1 aliphatic rings. The second-order valence-electron chi connectivity index (χ2n) is 4.63. The van der Waals surface area contributed by atoms with Crippen molar-refractivity contribution in [3.05, 3.63) is 40.4 Å². The number of nitrogens with one attached hydrogen (secondary N) is 1. The van der Waals surface area contributed by atoms with Crippen LogP contribution in [0.25, 0.3) is 0 Å². The van der Waals surface area contributed by atoms with Gasteiger partial charge < -0.3 is 10.4 Å². The Labute approximate surface area is 123 Å². The largest absolute Gasteiger partial charge is 0.506 e. The number of hydrogen-bond donors (Lipinski definition) is 2. The van der Waals surface area contributed by atoms with Crippen LogP contribution in [0.1, 0.15) is 18.0 Å². The molecule has 2 rings (SSSR count). The average Bonchev–Trinajstić information content (AvgIpc) is 2.44. The highest BCUT2D eigenvalue weighted by molar-refractivity contribution is 6.43. The topological polar surface area (TPSA) is 35.5 Å². The maximum Gasteiger partial charge on any atom is 0.140 e. The number of benzene rings is 1. The van der Waals surface area contributed by atoms with Crippen molar-refractivity contribution in [2.24, 2.45) is 0 Å². The second-order valence-corrected chi connectivity index (χ2v) is 5.41. The minimum atomic E-state index is 0.0829. The van der Waals surface area contributed by atoms with Gasteiger partial charge in [0.15, 0.2) is 0 Å². The fraction of sp³-hybridized carbons (Fsp3) is 0.429. The summed E-state index contributed by atoms with van der Waals surface area (Å²) in [6.07, 6.45) is 2.64. The van der Waals surface area contributed by atoms with Gasteiger partial charge >= 0.3 is 0 Å². The zero-order chi connectivity index (χ0) is 13.8. The van der Waals surface area contributed by atoms with Crippen LogP contribution in [0.15, 0.2) is 24.8 Å². The standard InChI is InChI=1S/C14H18Cl2N2O/c1-2-3-12(18-8-6-17-7-9-18)10-4-5-11(15)13(16)14(10)19/h2,4-5,12,17,19H,1,3,6-9H2/t12-/m0/s1. The normalized spacial score (nSPS) is 18.2. The van der Waals surface area contributed by atoms with Gasteiger partial charge in [0.1, 0.15) is 10.8 Å². The Morgan fingerprint density at radius 1 is 1.37 bits per heavy atom. The third-order valence-corrected chi connectivity index (χ3v) is 4.24. The van der Waals surface area contributed by atoms with E-state index in [0.717, 1.165) is 38.2 Å². The van der Waals surface area contributed by atoms with Crippen LogP contribution in [0.4, 0.5) is 0 Å². The number of phenols is 1. The first-order valence-electron chi connectivity index (χ1n) is 6.37. The van der Waals surface area contributed by atoms with Gasteiger partial charge in [-0.2, -0.15) is 0 Å². The third-order valence-electron chi connectivity index (χ3n) is 3.44. The molecule has 0 radical (unpaired) electrons. The Morgan fingerprint density at radius 3 is 2.68 bits per heavy atom. The first-order valence-corrected chi connectivity index (χ1v) is 7.13. The number of aromatic hydroxyl groups is 1. The molecular weight excluding hydrogens is 283 g/mol. The molecule has 3 nitrogen and oxygen atoms in total. The van der Waals surface area contributed by atoms with E-state index in [0.29, 0.717) is 5.02 Å². The van der Waals surface area contributed by atoms with Crippen molar-refractivity contribution in [3.8, 4) is 5.75 Å². The van der Waals surface area contributed by atoms with E-state index < -0.39 is 0 Å². The second kappa shape index (κ2) is 6.62. The lowest BCUT2D eigenvalue weighted by Gasteiger charge is -2.35. The minimum Gasteiger partial charge on any atom is -0.506 e. The van der Waals surface area contributed by atoms with Gasteiger partial charge in [-0.15, -0.1) is 6.58 Å². The summed E-state index contributed by atoms with van der Waals surface area (Å²) in [6.45, 7) is 7.60. The minimum absolute atomic E-state index is 0.0829. The lowest BCUT2D eigenvalue weighted by Crippen LogP contribution is -2.45. The van der Waals surface area contributed by atoms with Crippen LogP contribution in [0.3, 0.4) is 0 Å². The molecule has 104 valence electrons. The molecule has 5 heteroatoms. The van der Waals surface area contributed by atoms with Gasteiger partial charge in [0, 0.05) is 37.8 Å². The first-order chi connectivity index (χ1) is 9.15. The van der Waals surface area contributed by atoms with Gasteiger partial charge in [0.25, 0.3) is 0 Å². The van der Waals surface area contributed by atoms with E-state index in [2.05, 4.69) is 16.8 Å². The van der Waals surface area contributed by atoms with E-state index in [9.17, 15) is 5.11 Å². The van der Waals surface area contributed by atoms with Crippen LogP contribution >= 0.6 is 23.2 Å². The predicted molar refractivity (Wildman–Crippen MR) is 80.1 cm³/mol. The van der Waals surface area contributed by atoms with E-state index in [1.807, 2.05) is 12.1 Å². The van der Waals surface area contributed by atoms with E-state index in [1.54, 1.807) is 6.07 Å². The van der Waals surface area contributed by atoms with Gasteiger partial charge in [-0.25, -0.2) is 0 Å². The zero-order valence-electron chi connectivity index (χ0n) is 10.7. The number of halogens is 2. The molecule has 0 saturated carbocycles. The summed E-state index contributed by atoms with van der Waals surface area (Å²) in [7, 11) is 0. The highest BCUT2D eigenvalue weighted by Gasteiger charge is 2.24. The molecule has 1 aromatic rings. The average molecular weight is 301 g/mol. The number of piperazine rings is 1. The van der Waals surface area contributed by atoms with Gasteiger partial charge in [0.2, 0.25) is 0 Å². The van der Waals surface area contributed by atoms with E-state index in [-0.39, 0.29) is 16.8 Å². The van der Waals surface area contributed by atoms with Crippen LogP contribution in [0.2, 0.25) is 10.0 Å². The summed E-state index contributed by atoms with van der Waals surface area (Å²) >= 11 is 11.9. The fourth-order valence-electron chi connectivity index (χ4n) is 2.45. The summed E-state index contributed by atoms with van der Waals surface area (Å²) in [5.41, 5.74) is 0.816. The summed E-state index contributed by atoms with van der Waals surface area (Å²) in [4.78, 5) is 2.33. The van der Waals surface area contributed by atoms with Crippen molar-refractivity contribution in [3.63, 3.8) is 0 Å². The number of phenolic OH excluding ortho intramolecular Hbond substituents is 1. The molecule has 0 aliphatic carbocycles. The molecule has 19 heavy (non-hydrogen) atoms. The molecule has 1 fully saturated rings. The summed E-state index contributed by atoms with van der Waals surface area (Å²) in [6, 6.07) is 3.67. The molecule has 0 amide bonds. The molecule has 1 heterocycles. The highest BCUT2D eigenvalue weighted by atomic mass is 35.5. The lowest BCUT2D eigenvalue weighted by molar-refractivity contribution is 0.172. The van der Waals surface area contributed by atoms with Crippen molar-refractivity contribution >= 4 is 23.2 Å². The Bertz CT molecular complexity index is 459. The fourth-order valence-corrected chi connectivity index (χ4v) is 2.77. The first kappa shape index (κ1) is 14.7. The molecule has 1 aromatic carbocycles. The third kappa shape index (κ3) is 3.23. The maximum absolute atomic E-state index is 10.2. The molecule has 1 aliphatic heterocycles. The molecule has 0 unspecified atom stereocenters. The monoisotopic (exact) mass is 300 g/mol.